The second kappa shape index (κ2) is 7.48. The van der Waals surface area contributed by atoms with Crippen LogP contribution in [0, 0.1) is 5.92 Å². The lowest BCUT2D eigenvalue weighted by Crippen LogP contribution is -2.45. The lowest BCUT2D eigenvalue weighted by molar-refractivity contribution is -0.0406. The van der Waals surface area contributed by atoms with Crippen LogP contribution in [0.1, 0.15) is 37.9 Å². The van der Waals surface area contributed by atoms with Crippen LogP contribution in [0.2, 0.25) is 0 Å². The molecule has 7 heteroatoms. The van der Waals surface area contributed by atoms with Gasteiger partial charge in [-0.05, 0) is 31.6 Å². The maximum absolute atomic E-state index is 5.96. The summed E-state index contributed by atoms with van der Waals surface area (Å²) in [6.45, 7) is 9.21. The van der Waals surface area contributed by atoms with Gasteiger partial charge in [-0.1, -0.05) is 19.1 Å². The smallest absolute Gasteiger partial charge is 0.131 e. The molecule has 2 aliphatic rings. The predicted octanol–water partition coefficient (Wildman–Crippen LogP) is 1.91. The van der Waals surface area contributed by atoms with E-state index < -0.39 is 0 Å². The van der Waals surface area contributed by atoms with Crippen LogP contribution in [-0.2, 0) is 31.2 Å². The minimum absolute atomic E-state index is 0.178. The first-order valence-corrected chi connectivity index (χ1v) is 9.89. The van der Waals surface area contributed by atoms with Crippen LogP contribution >= 0.6 is 0 Å². The highest BCUT2D eigenvalue weighted by Gasteiger charge is 2.24. The molecule has 1 unspecified atom stereocenters. The van der Waals surface area contributed by atoms with Crippen molar-refractivity contribution in [3.63, 3.8) is 0 Å². The summed E-state index contributed by atoms with van der Waals surface area (Å²) >= 11 is 0. The predicted molar refractivity (Wildman–Crippen MR) is 99.9 cm³/mol. The highest BCUT2D eigenvalue weighted by molar-refractivity contribution is 5.60. The molecular weight excluding hydrogens is 328 g/mol. The van der Waals surface area contributed by atoms with Crippen LogP contribution in [0.25, 0.3) is 11.4 Å². The minimum atomic E-state index is 0.178. The number of hydrogen-bond acceptors (Lipinski definition) is 5. The molecule has 1 aliphatic carbocycles. The van der Waals surface area contributed by atoms with E-state index in [1.807, 2.05) is 16.4 Å². The van der Waals surface area contributed by atoms with E-state index in [1.165, 1.54) is 24.1 Å². The van der Waals surface area contributed by atoms with Gasteiger partial charge in [-0.3, -0.25) is 9.58 Å². The van der Waals surface area contributed by atoms with Crippen molar-refractivity contribution in [1.29, 1.82) is 0 Å². The van der Waals surface area contributed by atoms with Gasteiger partial charge in [0.1, 0.15) is 5.69 Å². The topological polar surface area (TPSA) is 61.0 Å². The molecule has 7 nitrogen and oxygen atoms in total. The summed E-state index contributed by atoms with van der Waals surface area (Å²) in [5.74, 6) is 0.683. The highest BCUT2D eigenvalue weighted by atomic mass is 16.5. The molecular formula is C19H30N6O. The summed E-state index contributed by atoms with van der Waals surface area (Å²) in [5, 5.41) is 13.5. The van der Waals surface area contributed by atoms with Crippen molar-refractivity contribution in [2.45, 2.75) is 52.2 Å². The molecule has 0 amide bonds. The van der Waals surface area contributed by atoms with E-state index in [0.717, 1.165) is 57.0 Å². The largest absolute Gasteiger partial charge is 0.374 e. The molecule has 3 heterocycles. The zero-order valence-electron chi connectivity index (χ0n) is 16.2. The van der Waals surface area contributed by atoms with Gasteiger partial charge in [0.15, 0.2) is 0 Å². The lowest BCUT2D eigenvalue weighted by atomic mass is 9.95. The normalized spacial score (nSPS) is 21.3. The first-order chi connectivity index (χ1) is 12.6. The van der Waals surface area contributed by atoms with Crippen molar-refractivity contribution in [1.82, 2.24) is 29.7 Å². The van der Waals surface area contributed by atoms with Crippen LogP contribution in [0.3, 0.4) is 0 Å². The molecule has 142 valence electrons. The number of ether oxygens (including phenoxy) is 1. The molecule has 0 aromatic carbocycles. The van der Waals surface area contributed by atoms with Crippen LogP contribution in [0.15, 0.2) is 6.20 Å². The van der Waals surface area contributed by atoms with E-state index in [9.17, 15) is 0 Å². The Kier molecular flexibility index (Phi) is 5.09. The van der Waals surface area contributed by atoms with Gasteiger partial charge in [0.05, 0.1) is 36.8 Å². The summed E-state index contributed by atoms with van der Waals surface area (Å²) < 4.78 is 9.87. The highest BCUT2D eigenvalue weighted by Crippen LogP contribution is 2.29. The van der Waals surface area contributed by atoms with Crippen molar-refractivity contribution in [3.05, 3.63) is 17.5 Å². The Morgan fingerprint density at radius 3 is 2.96 bits per heavy atom. The fourth-order valence-electron chi connectivity index (χ4n) is 4.28. The van der Waals surface area contributed by atoms with Crippen molar-refractivity contribution >= 4 is 0 Å². The van der Waals surface area contributed by atoms with Crippen molar-refractivity contribution < 1.29 is 4.74 Å². The Morgan fingerprint density at radius 2 is 2.12 bits per heavy atom. The number of nitrogens with zero attached hydrogens (tertiary/aromatic N) is 6. The third-order valence-corrected chi connectivity index (χ3v) is 5.34. The Morgan fingerprint density at radius 1 is 1.27 bits per heavy atom. The fraction of sp³-hybridized carbons (Fsp3) is 0.737. The number of morpholine rings is 1. The second-order valence-corrected chi connectivity index (χ2v) is 8.08. The first-order valence-electron chi connectivity index (χ1n) is 9.89. The molecule has 1 aliphatic heterocycles. The summed E-state index contributed by atoms with van der Waals surface area (Å²) in [6.07, 6.45) is 6.89. The fourth-order valence-corrected chi connectivity index (χ4v) is 4.28. The summed E-state index contributed by atoms with van der Waals surface area (Å²) in [7, 11) is 2.01. The van der Waals surface area contributed by atoms with Crippen LogP contribution < -0.4 is 0 Å². The maximum atomic E-state index is 5.96. The van der Waals surface area contributed by atoms with Crippen LogP contribution in [-0.4, -0.2) is 62.0 Å². The summed E-state index contributed by atoms with van der Waals surface area (Å²) in [4.78, 5) is 2.49. The quantitative estimate of drug-likeness (QED) is 0.817. The Labute approximate surface area is 155 Å². The molecule has 2 aromatic rings. The van der Waals surface area contributed by atoms with Gasteiger partial charge >= 0.3 is 0 Å². The zero-order chi connectivity index (χ0) is 18.1. The zero-order valence-corrected chi connectivity index (χ0v) is 16.2. The van der Waals surface area contributed by atoms with Crippen LogP contribution in [0.4, 0.5) is 0 Å². The molecule has 2 aromatic heterocycles. The second-order valence-electron chi connectivity index (χ2n) is 8.08. The molecule has 0 radical (unpaired) electrons. The molecule has 1 atom stereocenters. The minimum Gasteiger partial charge on any atom is -0.374 e. The Bertz CT molecular complexity index is 749. The number of hydrogen-bond donors (Lipinski definition) is 0. The van der Waals surface area contributed by atoms with Gasteiger partial charge in [-0.15, -0.1) is 5.10 Å². The molecule has 0 N–H and O–H groups in total. The number of aromatic nitrogens is 5. The summed E-state index contributed by atoms with van der Waals surface area (Å²) in [6, 6.07) is 0. The standard InChI is InChI=1S/C19H30N6O/c1-14(2)10-24-8-9-26-15(11-24)12-25-13-18(20-22-25)19-16-6-4-5-7-17(16)21-23(19)3/h13-15H,4-12H2,1-3H3. The van der Waals surface area contributed by atoms with E-state index >= 15 is 0 Å². The van der Waals surface area contributed by atoms with E-state index in [0.29, 0.717) is 5.92 Å². The molecule has 1 saturated heterocycles. The Balaban J connectivity index is 1.46. The average molecular weight is 358 g/mol. The monoisotopic (exact) mass is 358 g/mol. The van der Waals surface area contributed by atoms with E-state index in [1.54, 1.807) is 0 Å². The number of rotatable bonds is 5. The summed E-state index contributed by atoms with van der Waals surface area (Å²) in [5.41, 5.74) is 4.67. The molecule has 0 spiro atoms. The van der Waals surface area contributed by atoms with E-state index in [-0.39, 0.29) is 6.10 Å². The van der Waals surface area contributed by atoms with Gasteiger partial charge in [-0.2, -0.15) is 5.10 Å². The van der Waals surface area contributed by atoms with Crippen molar-refractivity contribution in [3.8, 4) is 11.4 Å². The third-order valence-electron chi connectivity index (χ3n) is 5.34. The lowest BCUT2D eigenvalue weighted by Gasteiger charge is -2.33. The maximum Gasteiger partial charge on any atom is 0.131 e. The van der Waals surface area contributed by atoms with Crippen molar-refractivity contribution in [2.24, 2.45) is 13.0 Å². The first kappa shape index (κ1) is 17.7. The number of aryl methyl sites for hydroxylation is 2. The molecule has 1 fully saturated rings. The Hall–Kier alpha value is -1.73. The van der Waals surface area contributed by atoms with E-state index in [4.69, 9.17) is 9.84 Å². The van der Waals surface area contributed by atoms with Crippen molar-refractivity contribution in [2.75, 3.05) is 26.2 Å². The van der Waals surface area contributed by atoms with Gasteiger partial charge in [0.25, 0.3) is 0 Å². The van der Waals surface area contributed by atoms with Crippen LogP contribution in [0.5, 0.6) is 0 Å². The van der Waals surface area contributed by atoms with Gasteiger partial charge in [-0.25, -0.2) is 4.68 Å². The number of fused-ring (bicyclic) bond motifs is 1. The SMILES string of the molecule is CC(C)CN1CCOC(Cn2cc(-c3c4c(nn3C)CCCC4)nn2)C1. The van der Waals surface area contributed by atoms with Gasteiger partial charge < -0.3 is 4.74 Å². The van der Waals surface area contributed by atoms with Gasteiger partial charge in [0.2, 0.25) is 0 Å². The molecule has 0 bridgehead atoms. The third kappa shape index (κ3) is 3.69. The van der Waals surface area contributed by atoms with Gasteiger partial charge in [0, 0.05) is 32.2 Å². The molecule has 26 heavy (non-hydrogen) atoms. The van der Waals surface area contributed by atoms with E-state index in [2.05, 4.69) is 35.3 Å². The molecule has 0 saturated carbocycles. The average Bonchev–Trinajstić information content (AvgIpc) is 3.17. The molecule has 4 rings (SSSR count).